The smallest absolute Gasteiger partial charge is 0.225 e. The van der Waals surface area contributed by atoms with Gasteiger partial charge in [-0.05, 0) is 31.6 Å². The number of rotatable bonds is 2. The van der Waals surface area contributed by atoms with Crippen LogP contribution in [0.1, 0.15) is 51.4 Å². The zero-order chi connectivity index (χ0) is 12.1. The minimum absolute atomic E-state index is 0.312. The Morgan fingerprint density at radius 1 is 1.06 bits per heavy atom. The minimum Gasteiger partial charge on any atom is -0.342 e. The Balaban J connectivity index is 1.89. The van der Waals surface area contributed by atoms with Crippen LogP contribution < -0.4 is 0 Å². The molecule has 0 bridgehead atoms. The molecule has 1 aliphatic carbocycles. The highest BCUT2D eigenvalue weighted by molar-refractivity contribution is 6.18. The zero-order valence-electron chi connectivity index (χ0n) is 10.7. The molecule has 17 heavy (non-hydrogen) atoms. The average Bonchev–Trinajstić information content (AvgIpc) is 2.67. The van der Waals surface area contributed by atoms with Crippen molar-refractivity contribution < 1.29 is 4.79 Å². The molecule has 2 fully saturated rings. The van der Waals surface area contributed by atoms with Crippen LogP contribution in [0.3, 0.4) is 0 Å². The first-order valence-electron chi connectivity index (χ1n) is 7.16. The second-order valence-corrected chi connectivity index (χ2v) is 5.94. The van der Waals surface area contributed by atoms with Crippen LogP contribution in [0.15, 0.2) is 0 Å². The molecule has 0 radical (unpaired) electrons. The fraction of sp³-hybridized carbons (Fsp3) is 0.929. The van der Waals surface area contributed by atoms with Crippen LogP contribution in [0.4, 0.5) is 0 Å². The quantitative estimate of drug-likeness (QED) is 0.548. The van der Waals surface area contributed by atoms with Crippen LogP contribution >= 0.6 is 11.6 Å². The Labute approximate surface area is 110 Å². The summed E-state index contributed by atoms with van der Waals surface area (Å²) < 4.78 is 0. The molecule has 0 aromatic carbocycles. The fourth-order valence-electron chi connectivity index (χ4n) is 3.18. The zero-order valence-corrected chi connectivity index (χ0v) is 11.4. The molecule has 0 N–H and O–H groups in total. The van der Waals surface area contributed by atoms with Crippen molar-refractivity contribution in [2.24, 2.45) is 11.8 Å². The van der Waals surface area contributed by atoms with Gasteiger partial charge < -0.3 is 4.90 Å². The van der Waals surface area contributed by atoms with Crippen molar-refractivity contribution in [1.82, 2.24) is 4.90 Å². The van der Waals surface area contributed by atoms with Crippen LogP contribution in [0, 0.1) is 11.8 Å². The molecule has 2 rings (SSSR count). The Morgan fingerprint density at radius 2 is 1.76 bits per heavy atom. The van der Waals surface area contributed by atoms with E-state index in [0.29, 0.717) is 23.6 Å². The molecule has 0 aromatic rings. The van der Waals surface area contributed by atoms with E-state index in [1.807, 2.05) is 0 Å². The van der Waals surface area contributed by atoms with E-state index >= 15 is 0 Å². The molecular formula is C14H24ClNO. The van der Waals surface area contributed by atoms with Crippen molar-refractivity contribution in [2.45, 2.75) is 51.4 Å². The third kappa shape index (κ3) is 3.61. The summed E-state index contributed by atoms with van der Waals surface area (Å²) in [5.74, 6) is 1.96. The molecular weight excluding hydrogens is 234 g/mol. The van der Waals surface area contributed by atoms with Gasteiger partial charge in [-0.1, -0.05) is 25.7 Å². The lowest BCUT2D eigenvalue weighted by Gasteiger charge is -2.34. The van der Waals surface area contributed by atoms with Gasteiger partial charge in [0.15, 0.2) is 0 Å². The van der Waals surface area contributed by atoms with Gasteiger partial charge >= 0.3 is 0 Å². The lowest BCUT2D eigenvalue weighted by Crippen LogP contribution is -2.43. The molecule has 1 atom stereocenters. The third-order valence-electron chi connectivity index (χ3n) is 4.25. The molecule has 1 saturated carbocycles. The van der Waals surface area contributed by atoms with E-state index in [1.54, 1.807) is 0 Å². The summed E-state index contributed by atoms with van der Waals surface area (Å²) in [7, 11) is 0. The summed E-state index contributed by atoms with van der Waals surface area (Å²) >= 11 is 5.92. The molecule has 0 aromatic heterocycles. The minimum atomic E-state index is 0.312. The molecule has 1 saturated heterocycles. The number of amides is 1. The Bertz CT molecular complexity index is 249. The highest BCUT2D eigenvalue weighted by Crippen LogP contribution is 2.27. The summed E-state index contributed by atoms with van der Waals surface area (Å²) in [6, 6.07) is 0. The van der Waals surface area contributed by atoms with Crippen LogP contribution in [0.2, 0.25) is 0 Å². The van der Waals surface area contributed by atoms with Crippen molar-refractivity contribution in [1.29, 1.82) is 0 Å². The van der Waals surface area contributed by atoms with E-state index in [1.165, 1.54) is 32.1 Å². The highest BCUT2D eigenvalue weighted by atomic mass is 35.5. The van der Waals surface area contributed by atoms with Crippen molar-refractivity contribution in [3.8, 4) is 0 Å². The summed E-state index contributed by atoms with van der Waals surface area (Å²) in [6.07, 6.45) is 9.66. The molecule has 0 spiro atoms. The number of alkyl halides is 1. The second kappa shape index (κ2) is 6.63. The van der Waals surface area contributed by atoms with Crippen LogP contribution in [0.25, 0.3) is 0 Å². The lowest BCUT2D eigenvalue weighted by atomic mass is 9.95. The van der Waals surface area contributed by atoms with Gasteiger partial charge in [0.05, 0.1) is 0 Å². The van der Waals surface area contributed by atoms with Gasteiger partial charge in [0.25, 0.3) is 0 Å². The Kier molecular flexibility index (Phi) is 5.15. The van der Waals surface area contributed by atoms with Gasteiger partial charge in [0.2, 0.25) is 5.91 Å². The predicted molar refractivity (Wildman–Crippen MR) is 71.2 cm³/mol. The van der Waals surface area contributed by atoms with Crippen molar-refractivity contribution in [3.63, 3.8) is 0 Å². The lowest BCUT2D eigenvalue weighted by molar-refractivity contribution is -0.137. The average molecular weight is 258 g/mol. The van der Waals surface area contributed by atoms with E-state index in [4.69, 9.17) is 11.6 Å². The van der Waals surface area contributed by atoms with Crippen LogP contribution in [-0.4, -0.2) is 29.8 Å². The molecule has 1 aliphatic heterocycles. The molecule has 98 valence electrons. The maximum Gasteiger partial charge on any atom is 0.225 e. The number of carbonyl (C=O) groups excluding carboxylic acids is 1. The number of hydrogen-bond acceptors (Lipinski definition) is 1. The van der Waals surface area contributed by atoms with E-state index in [2.05, 4.69) is 4.90 Å². The van der Waals surface area contributed by atoms with E-state index in [9.17, 15) is 4.79 Å². The van der Waals surface area contributed by atoms with E-state index in [0.717, 1.165) is 32.4 Å². The van der Waals surface area contributed by atoms with Gasteiger partial charge in [0, 0.05) is 24.9 Å². The SMILES string of the molecule is O=C(C1CCCCCC1)N1CCCC(CCl)C1. The maximum absolute atomic E-state index is 12.5. The first kappa shape index (κ1) is 13.2. The monoisotopic (exact) mass is 257 g/mol. The van der Waals surface area contributed by atoms with Crippen molar-refractivity contribution in [3.05, 3.63) is 0 Å². The molecule has 1 unspecified atom stereocenters. The van der Waals surface area contributed by atoms with Gasteiger partial charge in [-0.3, -0.25) is 4.79 Å². The summed E-state index contributed by atoms with van der Waals surface area (Å²) in [5, 5.41) is 0. The van der Waals surface area contributed by atoms with Gasteiger partial charge in [-0.2, -0.15) is 0 Å². The summed E-state index contributed by atoms with van der Waals surface area (Å²) in [5.41, 5.74) is 0. The van der Waals surface area contributed by atoms with E-state index < -0.39 is 0 Å². The molecule has 2 aliphatic rings. The molecule has 1 heterocycles. The Morgan fingerprint density at radius 3 is 2.41 bits per heavy atom. The Hall–Kier alpha value is -0.240. The van der Waals surface area contributed by atoms with Gasteiger partial charge in [-0.25, -0.2) is 0 Å². The first-order valence-corrected chi connectivity index (χ1v) is 7.69. The normalized spacial score (nSPS) is 27.8. The van der Waals surface area contributed by atoms with Gasteiger partial charge in [0.1, 0.15) is 0 Å². The van der Waals surface area contributed by atoms with Crippen molar-refractivity contribution >= 4 is 17.5 Å². The maximum atomic E-state index is 12.5. The summed E-state index contributed by atoms with van der Waals surface area (Å²) in [6.45, 7) is 1.86. The standard InChI is InChI=1S/C14H24ClNO/c15-10-12-6-5-9-16(11-12)14(17)13-7-3-1-2-4-8-13/h12-13H,1-11H2. The topological polar surface area (TPSA) is 20.3 Å². The summed E-state index contributed by atoms with van der Waals surface area (Å²) in [4.78, 5) is 14.5. The largest absolute Gasteiger partial charge is 0.342 e. The number of halogens is 1. The molecule has 1 amide bonds. The number of hydrogen-bond donors (Lipinski definition) is 0. The second-order valence-electron chi connectivity index (χ2n) is 5.64. The third-order valence-corrected chi connectivity index (χ3v) is 4.69. The first-order chi connectivity index (χ1) is 8.31. The number of carbonyl (C=O) groups is 1. The van der Waals surface area contributed by atoms with Crippen LogP contribution in [-0.2, 0) is 4.79 Å². The van der Waals surface area contributed by atoms with Crippen LogP contribution in [0.5, 0.6) is 0 Å². The number of nitrogens with zero attached hydrogens (tertiary/aromatic N) is 1. The highest BCUT2D eigenvalue weighted by Gasteiger charge is 2.28. The fourth-order valence-corrected chi connectivity index (χ4v) is 3.43. The molecule has 2 nitrogen and oxygen atoms in total. The van der Waals surface area contributed by atoms with Crippen molar-refractivity contribution in [2.75, 3.05) is 19.0 Å². The van der Waals surface area contributed by atoms with Gasteiger partial charge in [-0.15, -0.1) is 11.6 Å². The predicted octanol–water partition coefficient (Wildman–Crippen LogP) is 3.43. The van der Waals surface area contributed by atoms with E-state index in [-0.39, 0.29) is 0 Å². The number of piperidine rings is 1. The number of likely N-dealkylation sites (tertiary alicyclic amines) is 1. The molecule has 3 heteroatoms.